The predicted molar refractivity (Wildman–Crippen MR) is 327 cm³/mol. The number of nitriles is 1. The molecule has 0 aliphatic carbocycles. The first-order valence-corrected chi connectivity index (χ1v) is 28.4. The van der Waals surface area contributed by atoms with E-state index in [1.165, 1.54) is 17.2 Å². The van der Waals surface area contributed by atoms with Gasteiger partial charge in [0, 0.05) is 30.0 Å². The third-order valence-electron chi connectivity index (χ3n) is 11.0. The SMILES string of the molecule is CC.CC.CC.CC.CC.CC.CO/N=C1\COc2ccccc2C1.N#CC1COc2ccccc2C1.NC1COc2ccccc2C1.O=C(O)C1COc2ccccc2C1.O=C1COc2ccccc2C1.O=Cc1ccccc1O. The highest BCUT2D eigenvalue weighted by Gasteiger charge is 2.25. The first-order valence-electron chi connectivity index (χ1n) is 28.4. The van der Waals surface area contributed by atoms with Crippen LogP contribution in [-0.4, -0.2) is 80.1 Å². The summed E-state index contributed by atoms with van der Waals surface area (Å²) in [4.78, 5) is 36.4. The Bertz CT molecular complexity index is 2720. The fraction of sp³-hybridized carbons (Fsp3) is 0.388. The Morgan fingerprint density at radius 1 is 0.556 bits per heavy atom. The molecule has 5 aliphatic heterocycles. The number of aliphatic carboxylic acids is 1. The van der Waals surface area contributed by atoms with Crippen LogP contribution in [0.4, 0.5) is 0 Å². The van der Waals surface area contributed by atoms with Gasteiger partial charge < -0.3 is 44.5 Å². The maximum atomic E-state index is 10.9. The van der Waals surface area contributed by atoms with Gasteiger partial charge in [-0.2, -0.15) is 5.26 Å². The van der Waals surface area contributed by atoms with E-state index >= 15 is 0 Å². The highest BCUT2D eigenvalue weighted by atomic mass is 16.6. The number of Topliss-reactive ketones (excluding diaryl/α,β-unsaturated/α-hetero) is 1. The van der Waals surface area contributed by atoms with Gasteiger partial charge >= 0.3 is 5.97 Å². The van der Waals surface area contributed by atoms with E-state index < -0.39 is 11.9 Å². The Balaban J connectivity index is 0.000000915. The van der Waals surface area contributed by atoms with Gasteiger partial charge in [0.25, 0.3) is 0 Å². The molecule has 3 unspecified atom stereocenters. The number of ether oxygens (including phenoxy) is 5. The van der Waals surface area contributed by atoms with Crippen LogP contribution in [-0.2, 0) is 46.5 Å². The number of fused-ring (bicyclic) bond motifs is 5. The van der Waals surface area contributed by atoms with Gasteiger partial charge in [-0.15, -0.1) is 0 Å². The lowest BCUT2D eigenvalue weighted by molar-refractivity contribution is -0.143. The molecule has 5 aliphatic rings. The average Bonchev–Trinajstić information content (AvgIpc) is 3.54. The zero-order chi connectivity index (χ0) is 60.8. The van der Waals surface area contributed by atoms with E-state index in [1.807, 2.05) is 198 Å². The summed E-state index contributed by atoms with van der Waals surface area (Å²) < 4.78 is 26.8. The van der Waals surface area contributed by atoms with Crippen LogP contribution in [0.25, 0.3) is 0 Å². The molecule has 0 aromatic heterocycles. The number of aromatic hydroxyl groups is 1. The van der Waals surface area contributed by atoms with E-state index in [4.69, 9.17) is 49.7 Å². The van der Waals surface area contributed by atoms with Crippen LogP contribution < -0.4 is 29.4 Å². The van der Waals surface area contributed by atoms with Crippen molar-refractivity contribution in [2.45, 2.75) is 121 Å². The second-order valence-electron chi connectivity index (χ2n) is 16.2. The largest absolute Gasteiger partial charge is 0.507 e. The number of benzene rings is 6. The van der Waals surface area contributed by atoms with E-state index in [9.17, 15) is 14.4 Å². The van der Waals surface area contributed by atoms with Crippen LogP contribution in [0.5, 0.6) is 34.5 Å². The lowest BCUT2D eigenvalue weighted by Crippen LogP contribution is -2.33. The summed E-state index contributed by atoms with van der Waals surface area (Å²) in [6.07, 6.45) is 4.31. The van der Waals surface area contributed by atoms with Crippen LogP contribution in [0.1, 0.15) is 121 Å². The van der Waals surface area contributed by atoms with Crippen molar-refractivity contribution < 1.29 is 53.1 Å². The van der Waals surface area contributed by atoms with Crippen molar-refractivity contribution in [3.63, 3.8) is 0 Å². The maximum Gasteiger partial charge on any atom is 0.310 e. The van der Waals surface area contributed by atoms with Gasteiger partial charge in [-0.05, 0) is 78.4 Å². The average molecular weight is 1110 g/mol. The number of ketones is 1. The quantitative estimate of drug-likeness (QED) is 0.111. The lowest BCUT2D eigenvalue weighted by atomic mass is 9.97. The molecule has 14 nitrogen and oxygen atoms in total. The summed E-state index contributed by atoms with van der Waals surface area (Å²) in [5.74, 6) is 3.60. The van der Waals surface area contributed by atoms with E-state index in [0.29, 0.717) is 44.5 Å². The molecule has 3 atom stereocenters. The van der Waals surface area contributed by atoms with Crippen molar-refractivity contribution in [2.75, 3.05) is 40.1 Å². The number of rotatable bonds is 3. The Kier molecular flexibility index (Phi) is 41.1. The number of carbonyl (C=O) groups is 3. The highest BCUT2D eigenvalue weighted by molar-refractivity contribution is 5.89. The van der Waals surface area contributed by atoms with E-state index in [2.05, 4.69) is 17.3 Å². The maximum absolute atomic E-state index is 10.9. The van der Waals surface area contributed by atoms with E-state index in [1.54, 1.807) is 25.3 Å². The minimum atomic E-state index is -0.783. The van der Waals surface area contributed by atoms with E-state index in [0.717, 1.165) is 70.4 Å². The molecule has 440 valence electrons. The minimum absolute atomic E-state index is 0.0277. The monoisotopic (exact) mass is 1110 g/mol. The normalized spacial score (nSPS) is 15.6. The van der Waals surface area contributed by atoms with Gasteiger partial charge in [0.1, 0.15) is 74.6 Å². The van der Waals surface area contributed by atoms with Gasteiger partial charge in [0.05, 0.1) is 29.2 Å². The van der Waals surface area contributed by atoms with Crippen LogP contribution in [0.3, 0.4) is 0 Å². The third-order valence-corrected chi connectivity index (χ3v) is 11.0. The first-order chi connectivity index (χ1) is 39.6. The number of nitrogens with two attached hydrogens (primary N) is 1. The molecule has 11 rings (SSSR count). The molecule has 6 aromatic carbocycles. The Hall–Kier alpha value is -8.15. The molecule has 4 N–H and O–H groups in total. The molecule has 0 spiro atoms. The number of aldehydes is 1. The molecular formula is C67H91N3O11. The molecule has 0 amide bonds. The standard InChI is InChI=1S/C10H11NO2.C10H9NO.C10H10O3.C9H11NO.C9H8O2.C7H6O2.6C2H6/c1-12-11-9-6-8-4-2-3-5-10(8)13-7-9;11-6-8-5-9-3-1-2-4-10(9)12-7-8;11-10(12)8-5-7-3-1-2-4-9(7)13-6-8;2*10-8-5-7-3-1-2-4-9(7)11-6-8;8-5-6-3-1-2-4-7(6)9;6*1-2/h2-5H,6-7H2,1H3;1-4,8H,5,7H2;1-4,8H,5-6H2,(H,11,12);1-4,8H,5-6,10H2;1-4H,5-6H2;1-5,9H;6*1-2H3/b11-9-;;;;;;;;;;;. The van der Waals surface area contributed by atoms with Gasteiger partial charge in [-0.3, -0.25) is 14.4 Å². The van der Waals surface area contributed by atoms with Gasteiger partial charge in [-0.1, -0.05) is 191 Å². The zero-order valence-electron chi connectivity index (χ0n) is 50.3. The number of phenolic OH excluding ortho intramolecular Hbond substituents is 1. The fourth-order valence-corrected chi connectivity index (χ4v) is 7.46. The van der Waals surface area contributed by atoms with Crippen LogP contribution in [0, 0.1) is 23.2 Å². The van der Waals surface area contributed by atoms with E-state index in [-0.39, 0.29) is 36.7 Å². The number of nitrogens with zero attached hydrogens (tertiary/aromatic N) is 2. The molecule has 0 radical (unpaired) electrons. The summed E-state index contributed by atoms with van der Waals surface area (Å²) >= 11 is 0. The summed E-state index contributed by atoms with van der Waals surface area (Å²) in [5.41, 5.74) is 12.5. The van der Waals surface area contributed by atoms with Crippen LogP contribution in [0.15, 0.2) is 151 Å². The number of para-hydroxylation sites is 6. The smallest absolute Gasteiger partial charge is 0.310 e. The van der Waals surface area contributed by atoms with Crippen LogP contribution >= 0.6 is 0 Å². The molecule has 0 fully saturated rings. The number of carboxylic acid groups (broad SMARTS) is 1. The van der Waals surface area contributed by atoms with Crippen molar-refractivity contribution in [3.8, 4) is 40.6 Å². The van der Waals surface area contributed by atoms with Gasteiger partial charge in [0.15, 0.2) is 12.1 Å². The fourth-order valence-electron chi connectivity index (χ4n) is 7.46. The first kappa shape index (κ1) is 72.8. The number of hydrogen-bond acceptors (Lipinski definition) is 13. The Morgan fingerprint density at radius 3 is 1.41 bits per heavy atom. The highest BCUT2D eigenvalue weighted by Crippen LogP contribution is 2.28. The summed E-state index contributed by atoms with van der Waals surface area (Å²) in [5, 5.41) is 30.2. The van der Waals surface area contributed by atoms with Crippen LogP contribution in [0.2, 0.25) is 0 Å². The van der Waals surface area contributed by atoms with Gasteiger partial charge in [-0.25, -0.2) is 0 Å². The molecular weight excluding hydrogens is 1020 g/mol. The summed E-state index contributed by atoms with van der Waals surface area (Å²) in [7, 11) is 1.55. The number of carboxylic acids is 1. The molecule has 5 heterocycles. The predicted octanol–water partition coefficient (Wildman–Crippen LogP) is 14.2. The second kappa shape index (κ2) is 45.7. The summed E-state index contributed by atoms with van der Waals surface area (Å²) in [6.45, 7) is 26.2. The second-order valence-corrected chi connectivity index (χ2v) is 16.2. The third kappa shape index (κ3) is 27.0. The zero-order valence-corrected chi connectivity index (χ0v) is 50.3. The molecule has 81 heavy (non-hydrogen) atoms. The van der Waals surface area contributed by atoms with Gasteiger partial charge in [0.2, 0.25) is 0 Å². The number of oxime groups is 1. The molecule has 14 heteroatoms. The van der Waals surface area contributed by atoms with Crippen molar-refractivity contribution in [2.24, 2.45) is 22.7 Å². The molecule has 0 saturated carbocycles. The Labute approximate surface area is 483 Å². The molecule has 0 saturated heterocycles. The van der Waals surface area contributed by atoms with Crippen molar-refractivity contribution in [3.05, 3.63) is 179 Å². The number of carbonyl (C=O) groups excluding carboxylic acids is 2. The minimum Gasteiger partial charge on any atom is -0.507 e. The molecule has 6 aromatic rings. The summed E-state index contributed by atoms with van der Waals surface area (Å²) in [6, 6.07) is 47.9. The van der Waals surface area contributed by atoms with Crippen molar-refractivity contribution >= 4 is 23.8 Å². The number of phenols is 1. The van der Waals surface area contributed by atoms with Crippen molar-refractivity contribution in [1.82, 2.24) is 0 Å². The lowest BCUT2D eigenvalue weighted by Gasteiger charge is -2.21. The van der Waals surface area contributed by atoms with Crippen molar-refractivity contribution in [1.29, 1.82) is 5.26 Å². The number of hydrogen-bond donors (Lipinski definition) is 3. The Morgan fingerprint density at radius 2 is 0.951 bits per heavy atom. The topological polar surface area (TPSA) is 209 Å². The molecule has 0 bridgehead atoms.